The van der Waals surface area contributed by atoms with Crippen molar-refractivity contribution in [3.05, 3.63) is 65.7 Å². The van der Waals surface area contributed by atoms with E-state index in [1.165, 1.54) is 0 Å². The predicted octanol–water partition coefficient (Wildman–Crippen LogP) is 3.24. The van der Waals surface area contributed by atoms with Crippen molar-refractivity contribution in [1.82, 2.24) is 0 Å². The van der Waals surface area contributed by atoms with Gasteiger partial charge in [0.05, 0.1) is 12.0 Å². The molecule has 0 radical (unpaired) electrons. The Balaban J connectivity index is 1.83. The van der Waals surface area contributed by atoms with E-state index in [4.69, 9.17) is 0 Å². The fourth-order valence-electron chi connectivity index (χ4n) is 2.93. The monoisotopic (exact) mass is 281 g/mol. The van der Waals surface area contributed by atoms with Gasteiger partial charge in [0.1, 0.15) is 0 Å². The lowest BCUT2D eigenvalue weighted by Gasteiger charge is -2.40. The first-order valence-corrected chi connectivity index (χ1v) is 7.31. The lowest BCUT2D eigenvalue weighted by molar-refractivity contribution is -0.124. The Kier molecular flexibility index (Phi) is 3.76. The number of amides is 1. The number of rotatable bonds is 4. The van der Waals surface area contributed by atoms with E-state index in [1.54, 1.807) is 0 Å². The molecule has 108 valence electrons. The van der Waals surface area contributed by atoms with E-state index >= 15 is 0 Å². The van der Waals surface area contributed by atoms with Gasteiger partial charge in [-0.2, -0.15) is 0 Å². The molecular weight excluding hydrogens is 262 g/mol. The van der Waals surface area contributed by atoms with Gasteiger partial charge >= 0.3 is 0 Å². The van der Waals surface area contributed by atoms with E-state index in [1.807, 2.05) is 54.6 Å². The Morgan fingerprint density at radius 1 is 1.10 bits per heavy atom. The van der Waals surface area contributed by atoms with Gasteiger partial charge in [0.25, 0.3) is 0 Å². The maximum atomic E-state index is 12.7. The maximum absolute atomic E-state index is 12.7. The van der Waals surface area contributed by atoms with Crippen molar-refractivity contribution in [3.8, 4) is 0 Å². The second-order valence-corrected chi connectivity index (χ2v) is 5.61. The van der Waals surface area contributed by atoms with Crippen molar-refractivity contribution >= 4 is 11.6 Å². The molecule has 0 bridgehead atoms. The summed E-state index contributed by atoms with van der Waals surface area (Å²) in [6, 6.07) is 17.3. The third kappa shape index (κ3) is 2.57. The largest absolute Gasteiger partial charge is 0.392 e. The van der Waals surface area contributed by atoms with Crippen molar-refractivity contribution in [2.24, 2.45) is 0 Å². The minimum Gasteiger partial charge on any atom is -0.392 e. The summed E-state index contributed by atoms with van der Waals surface area (Å²) in [5.41, 5.74) is 2.24. The summed E-state index contributed by atoms with van der Waals surface area (Å²) in [6.45, 7) is -0.0203. The Hall–Kier alpha value is -2.13. The highest BCUT2D eigenvalue weighted by atomic mass is 16.3. The molecule has 0 spiro atoms. The molecule has 0 atom stereocenters. The summed E-state index contributed by atoms with van der Waals surface area (Å²) in [7, 11) is 0. The normalized spacial score (nSPS) is 16.0. The zero-order valence-corrected chi connectivity index (χ0v) is 11.9. The van der Waals surface area contributed by atoms with Gasteiger partial charge in [0.15, 0.2) is 0 Å². The highest BCUT2D eigenvalue weighted by Crippen LogP contribution is 2.44. The number of aliphatic hydroxyl groups is 1. The van der Waals surface area contributed by atoms with Crippen LogP contribution >= 0.6 is 0 Å². The molecule has 0 unspecified atom stereocenters. The molecule has 3 heteroatoms. The van der Waals surface area contributed by atoms with Crippen LogP contribution in [0.3, 0.4) is 0 Å². The number of carbonyl (C=O) groups excluding carboxylic acids is 1. The van der Waals surface area contributed by atoms with Gasteiger partial charge in [0.2, 0.25) is 5.91 Å². The average Bonchev–Trinajstić information content (AvgIpc) is 2.47. The molecule has 1 aliphatic rings. The Labute approximate surface area is 124 Å². The third-order valence-corrected chi connectivity index (χ3v) is 4.34. The molecular formula is C18H19NO2. The topological polar surface area (TPSA) is 49.3 Å². The van der Waals surface area contributed by atoms with Crippen LogP contribution in [0.15, 0.2) is 54.6 Å². The van der Waals surface area contributed by atoms with Crippen LogP contribution < -0.4 is 5.32 Å². The van der Waals surface area contributed by atoms with Crippen LogP contribution in [0.5, 0.6) is 0 Å². The van der Waals surface area contributed by atoms with Crippen molar-refractivity contribution in [3.63, 3.8) is 0 Å². The molecule has 1 saturated carbocycles. The quantitative estimate of drug-likeness (QED) is 0.904. The standard InChI is InChI=1S/C18H19NO2/c20-13-14-6-4-9-16(12-14)19-17(21)18(10-5-11-18)15-7-2-1-3-8-15/h1-4,6-9,12,20H,5,10-11,13H2,(H,19,21). The third-order valence-electron chi connectivity index (χ3n) is 4.34. The van der Waals surface area contributed by atoms with Gasteiger partial charge in [-0.3, -0.25) is 4.79 Å². The first kappa shape index (κ1) is 13.8. The molecule has 0 saturated heterocycles. The first-order chi connectivity index (χ1) is 10.2. The molecule has 0 aromatic heterocycles. The highest BCUT2D eigenvalue weighted by molar-refractivity contribution is 6.00. The van der Waals surface area contributed by atoms with Crippen molar-refractivity contribution in [2.75, 3.05) is 5.32 Å². The number of hydrogen-bond donors (Lipinski definition) is 2. The number of anilines is 1. The average molecular weight is 281 g/mol. The minimum absolute atomic E-state index is 0.0203. The SMILES string of the molecule is O=C(Nc1cccc(CO)c1)C1(c2ccccc2)CCC1. The van der Waals surface area contributed by atoms with Gasteiger partial charge < -0.3 is 10.4 Å². The maximum Gasteiger partial charge on any atom is 0.235 e. The van der Waals surface area contributed by atoms with Crippen LogP contribution in [0, 0.1) is 0 Å². The lowest BCUT2D eigenvalue weighted by Crippen LogP contribution is -2.45. The second-order valence-electron chi connectivity index (χ2n) is 5.61. The molecule has 1 aliphatic carbocycles. The molecule has 21 heavy (non-hydrogen) atoms. The Morgan fingerprint density at radius 2 is 1.86 bits per heavy atom. The molecule has 3 rings (SSSR count). The molecule has 3 nitrogen and oxygen atoms in total. The second kappa shape index (κ2) is 5.70. The van der Waals surface area contributed by atoms with Crippen molar-refractivity contribution in [1.29, 1.82) is 0 Å². The van der Waals surface area contributed by atoms with E-state index in [0.717, 1.165) is 36.1 Å². The number of aliphatic hydroxyl groups excluding tert-OH is 1. The summed E-state index contributed by atoms with van der Waals surface area (Å²) < 4.78 is 0. The lowest BCUT2D eigenvalue weighted by atomic mass is 9.64. The van der Waals surface area contributed by atoms with Crippen LogP contribution in [-0.4, -0.2) is 11.0 Å². The van der Waals surface area contributed by atoms with Gasteiger partial charge in [-0.15, -0.1) is 0 Å². The summed E-state index contributed by atoms with van der Waals surface area (Å²) in [5.74, 6) is 0.0510. The van der Waals surface area contributed by atoms with Crippen LogP contribution in [0.25, 0.3) is 0 Å². The summed E-state index contributed by atoms with van der Waals surface area (Å²) >= 11 is 0. The van der Waals surface area contributed by atoms with Gasteiger partial charge in [-0.1, -0.05) is 48.9 Å². The predicted molar refractivity (Wildman–Crippen MR) is 83.0 cm³/mol. The van der Waals surface area contributed by atoms with Crippen LogP contribution in [0.1, 0.15) is 30.4 Å². The first-order valence-electron chi connectivity index (χ1n) is 7.31. The number of nitrogens with one attached hydrogen (secondary N) is 1. The van der Waals surface area contributed by atoms with E-state index in [9.17, 15) is 9.90 Å². The van der Waals surface area contributed by atoms with Gasteiger partial charge in [0, 0.05) is 5.69 Å². The van der Waals surface area contributed by atoms with Crippen LogP contribution in [-0.2, 0) is 16.8 Å². The molecule has 0 heterocycles. The molecule has 0 aliphatic heterocycles. The van der Waals surface area contributed by atoms with E-state index < -0.39 is 5.41 Å². The smallest absolute Gasteiger partial charge is 0.235 e. The number of benzene rings is 2. The number of hydrogen-bond acceptors (Lipinski definition) is 2. The molecule has 1 amide bonds. The molecule has 2 aromatic rings. The van der Waals surface area contributed by atoms with Crippen molar-refractivity contribution in [2.45, 2.75) is 31.3 Å². The minimum atomic E-state index is -0.392. The van der Waals surface area contributed by atoms with Crippen LogP contribution in [0.4, 0.5) is 5.69 Å². The zero-order chi connectivity index (χ0) is 14.7. The molecule has 2 aromatic carbocycles. The Morgan fingerprint density at radius 3 is 2.48 bits per heavy atom. The Bertz CT molecular complexity index is 633. The summed E-state index contributed by atoms with van der Waals surface area (Å²) in [5, 5.41) is 12.2. The zero-order valence-electron chi connectivity index (χ0n) is 11.9. The van der Waals surface area contributed by atoms with E-state index in [0.29, 0.717) is 0 Å². The van der Waals surface area contributed by atoms with Crippen LogP contribution in [0.2, 0.25) is 0 Å². The van der Waals surface area contributed by atoms with E-state index in [2.05, 4.69) is 5.32 Å². The summed E-state index contributed by atoms with van der Waals surface area (Å²) in [4.78, 5) is 12.7. The van der Waals surface area contributed by atoms with E-state index in [-0.39, 0.29) is 12.5 Å². The molecule has 2 N–H and O–H groups in total. The van der Waals surface area contributed by atoms with Gasteiger partial charge in [-0.05, 0) is 36.1 Å². The summed E-state index contributed by atoms with van der Waals surface area (Å²) in [6.07, 6.45) is 2.87. The van der Waals surface area contributed by atoms with Gasteiger partial charge in [-0.25, -0.2) is 0 Å². The fourth-order valence-corrected chi connectivity index (χ4v) is 2.93. The number of carbonyl (C=O) groups is 1. The molecule has 1 fully saturated rings. The fraction of sp³-hybridized carbons (Fsp3) is 0.278. The highest BCUT2D eigenvalue weighted by Gasteiger charge is 2.45. The van der Waals surface area contributed by atoms with Crippen molar-refractivity contribution < 1.29 is 9.90 Å².